The minimum absolute atomic E-state index is 0.116. The van der Waals surface area contributed by atoms with Gasteiger partial charge in [0.2, 0.25) is 5.95 Å². The maximum absolute atomic E-state index is 6.02. The molecule has 96 valence electrons. The van der Waals surface area contributed by atoms with Gasteiger partial charge in [0.25, 0.3) is 0 Å². The van der Waals surface area contributed by atoms with E-state index in [-0.39, 0.29) is 5.60 Å². The van der Waals surface area contributed by atoms with Crippen LogP contribution in [0.5, 0.6) is 0 Å². The molecule has 0 bridgehead atoms. The molecule has 1 unspecified atom stereocenters. The summed E-state index contributed by atoms with van der Waals surface area (Å²) in [5.74, 6) is 0.555. The first-order valence-corrected chi connectivity index (χ1v) is 6.92. The van der Waals surface area contributed by atoms with Gasteiger partial charge >= 0.3 is 0 Å². The molecule has 2 N–H and O–H groups in total. The summed E-state index contributed by atoms with van der Waals surface area (Å²) < 4.78 is 8.89. The number of aromatic nitrogens is 2. The standard InChI is InChI=1S/C13H16BrN3O/c1-13(5-2-6-18-13)8-17-11-4-3-9(14)7-10(11)16-12(17)15/h3-4,7H,2,5-6,8H2,1H3,(H2,15,16). The van der Waals surface area contributed by atoms with Gasteiger partial charge in [-0.15, -0.1) is 0 Å². The molecule has 2 heterocycles. The van der Waals surface area contributed by atoms with Crippen LogP contribution in [0.2, 0.25) is 0 Å². The van der Waals surface area contributed by atoms with E-state index < -0.39 is 0 Å². The average Bonchev–Trinajstić information content (AvgIpc) is 2.85. The fraction of sp³-hybridized carbons (Fsp3) is 0.462. The van der Waals surface area contributed by atoms with Gasteiger partial charge in [0, 0.05) is 11.1 Å². The number of ether oxygens (including phenoxy) is 1. The summed E-state index contributed by atoms with van der Waals surface area (Å²) in [6.07, 6.45) is 2.19. The van der Waals surface area contributed by atoms with E-state index in [0.717, 1.165) is 41.5 Å². The van der Waals surface area contributed by atoms with Crippen molar-refractivity contribution in [3.63, 3.8) is 0 Å². The van der Waals surface area contributed by atoms with Gasteiger partial charge in [0.15, 0.2) is 0 Å². The topological polar surface area (TPSA) is 53.1 Å². The van der Waals surface area contributed by atoms with Crippen LogP contribution in [0.1, 0.15) is 19.8 Å². The zero-order chi connectivity index (χ0) is 12.8. The highest BCUT2D eigenvalue weighted by atomic mass is 79.9. The van der Waals surface area contributed by atoms with E-state index >= 15 is 0 Å². The number of nitrogen functional groups attached to an aromatic ring is 1. The van der Waals surface area contributed by atoms with Crippen LogP contribution in [0.15, 0.2) is 22.7 Å². The summed E-state index contributed by atoms with van der Waals surface area (Å²) in [7, 11) is 0. The van der Waals surface area contributed by atoms with E-state index in [1.54, 1.807) is 0 Å². The van der Waals surface area contributed by atoms with Crippen molar-refractivity contribution in [2.45, 2.75) is 31.9 Å². The Morgan fingerprint density at radius 1 is 1.56 bits per heavy atom. The van der Waals surface area contributed by atoms with E-state index in [1.165, 1.54) is 0 Å². The van der Waals surface area contributed by atoms with Crippen LogP contribution in [-0.2, 0) is 11.3 Å². The Hall–Kier alpha value is -1.07. The lowest BCUT2D eigenvalue weighted by molar-refractivity contribution is 0.00750. The molecule has 0 saturated carbocycles. The van der Waals surface area contributed by atoms with E-state index in [0.29, 0.717) is 5.95 Å². The molecular weight excluding hydrogens is 294 g/mol. The third kappa shape index (κ3) is 2.01. The van der Waals surface area contributed by atoms with Crippen molar-refractivity contribution in [1.82, 2.24) is 9.55 Å². The summed E-state index contributed by atoms with van der Waals surface area (Å²) in [6.45, 7) is 3.75. The van der Waals surface area contributed by atoms with Crippen LogP contribution in [0, 0.1) is 0 Å². The monoisotopic (exact) mass is 309 g/mol. The molecule has 5 heteroatoms. The molecule has 1 aliphatic heterocycles. The Labute approximate surface area is 114 Å². The maximum Gasteiger partial charge on any atom is 0.201 e. The highest BCUT2D eigenvalue weighted by Gasteiger charge is 2.31. The van der Waals surface area contributed by atoms with Gasteiger partial charge in [-0.25, -0.2) is 4.98 Å². The molecule has 1 aliphatic rings. The third-order valence-electron chi connectivity index (χ3n) is 3.53. The molecule has 0 aliphatic carbocycles. The van der Waals surface area contributed by atoms with Gasteiger partial charge in [0.1, 0.15) is 0 Å². The predicted molar refractivity (Wildman–Crippen MR) is 75.4 cm³/mol. The predicted octanol–water partition coefficient (Wildman–Crippen LogP) is 2.95. The molecule has 1 aromatic heterocycles. The van der Waals surface area contributed by atoms with Crippen LogP contribution in [0.4, 0.5) is 5.95 Å². The smallest absolute Gasteiger partial charge is 0.201 e. The highest BCUT2D eigenvalue weighted by molar-refractivity contribution is 9.10. The first-order chi connectivity index (χ1) is 8.57. The van der Waals surface area contributed by atoms with Crippen molar-refractivity contribution in [2.24, 2.45) is 0 Å². The molecule has 1 aromatic carbocycles. The van der Waals surface area contributed by atoms with E-state index in [9.17, 15) is 0 Å². The highest BCUT2D eigenvalue weighted by Crippen LogP contribution is 2.30. The summed E-state index contributed by atoms with van der Waals surface area (Å²) in [5.41, 5.74) is 7.89. The lowest BCUT2D eigenvalue weighted by Crippen LogP contribution is -2.30. The zero-order valence-corrected chi connectivity index (χ0v) is 11.9. The average molecular weight is 310 g/mol. The number of imidazole rings is 1. The van der Waals surface area contributed by atoms with Crippen molar-refractivity contribution in [2.75, 3.05) is 12.3 Å². The third-order valence-corrected chi connectivity index (χ3v) is 4.03. The Kier molecular flexibility index (Phi) is 2.83. The normalized spacial score (nSPS) is 23.9. The number of rotatable bonds is 2. The molecule has 1 fully saturated rings. The Bertz CT molecular complexity index is 587. The first kappa shape index (κ1) is 12.0. The number of fused-ring (bicyclic) bond motifs is 1. The van der Waals surface area contributed by atoms with Crippen molar-refractivity contribution in [1.29, 1.82) is 0 Å². The van der Waals surface area contributed by atoms with Crippen LogP contribution in [-0.4, -0.2) is 21.8 Å². The maximum atomic E-state index is 6.02. The molecule has 3 rings (SSSR count). The van der Waals surface area contributed by atoms with Crippen molar-refractivity contribution >= 4 is 32.9 Å². The summed E-state index contributed by atoms with van der Waals surface area (Å²) in [5, 5.41) is 0. The first-order valence-electron chi connectivity index (χ1n) is 6.13. The molecule has 0 amide bonds. The Morgan fingerprint density at radius 3 is 3.11 bits per heavy atom. The minimum Gasteiger partial charge on any atom is -0.373 e. The summed E-state index contributed by atoms with van der Waals surface area (Å²) in [6, 6.07) is 6.04. The van der Waals surface area contributed by atoms with E-state index in [1.807, 2.05) is 22.8 Å². The minimum atomic E-state index is -0.116. The van der Waals surface area contributed by atoms with Crippen LogP contribution >= 0.6 is 15.9 Å². The fourth-order valence-corrected chi connectivity index (χ4v) is 2.93. The Morgan fingerprint density at radius 2 is 2.39 bits per heavy atom. The van der Waals surface area contributed by atoms with Gasteiger partial charge in [-0.2, -0.15) is 0 Å². The van der Waals surface area contributed by atoms with Crippen molar-refractivity contribution < 1.29 is 4.74 Å². The lowest BCUT2D eigenvalue weighted by Gasteiger charge is -2.24. The molecule has 18 heavy (non-hydrogen) atoms. The molecule has 2 aromatic rings. The van der Waals surface area contributed by atoms with Gasteiger partial charge in [-0.05, 0) is 38.0 Å². The number of benzene rings is 1. The SMILES string of the molecule is CC1(Cn2c(N)nc3cc(Br)ccc32)CCCO1. The summed E-state index contributed by atoms with van der Waals surface area (Å²) >= 11 is 3.45. The lowest BCUT2D eigenvalue weighted by atomic mass is 10.0. The Balaban J connectivity index is 2.03. The van der Waals surface area contributed by atoms with Gasteiger partial charge < -0.3 is 15.0 Å². The second-order valence-corrected chi connectivity index (χ2v) is 6.01. The summed E-state index contributed by atoms with van der Waals surface area (Å²) in [4.78, 5) is 4.40. The van der Waals surface area contributed by atoms with E-state index in [2.05, 4.69) is 27.8 Å². The zero-order valence-electron chi connectivity index (χ0n) is 10.3. The van der Waals surface area contributed by atoms with Crippen LogP contribution < -0.4 is 5.73 Å². The molecular formula is C13H16BrN3O. The number of hydrogen-bond acceptors (Lipinski definition) is 3. The largest absolute Gasteiger partial charge is 0.373 e. The molecule has 4 nitrogen and oxygen atoms in total. The van der Waals surface area contributed by atoms with Gasteiger partial charge in [-0.1, -0.05) is 15.9 Å². The number of nitrogens with zero attached hydrogens (tertiary/aromatic N) is 2. The van der Waals surface area contributed by atoms with Crippen LogP contribution in [0.25, 0.3) is 11.0 Å². The quantitative estimate of drug-likeness (QED) is 0.928. The number of halogens is 1. The van der Waals surface area contributed by atoms with Crippen LogP contribution in [0.3, 0.4) is 0 Å². The second kappa shape index (κ2) is 4.24. The number of hydrogen-bond donors (Lipinski definition) is 1. The number of anilines is 1. The van der Waals surface area contributed by atoms with Gasteiger partial charge in [-0.3, -0.25) is 0 Å². The fourth-order valence-electron chi connectivity index (χ4n) is 2.58. The van der Waals surface area contributed by atoms with Crippen molar-refractivity contribution in [3.8, 4) is 0 Å². The molecule has 1 atom stereocenters. The molecule has 0 radical (unpaired) electrons. The van der Waals surface area contributed by atoms with Gasteiger partial charge in [0.05, 0.1) is 23.2 Å². The van der Waals surface area contributed by atoms with E-state index in [4.69, 9.17) is 10.5 Å². The van der Waals surface area contributed by atoms with Crippen molar-refractivity contribution in [3.05, 3.63) is 22.7 Å². The second-order valence-electron chi connectivity index (χ2n) is 5.09. The molecule has 0 spiro atoms. The molecule has 1 saturated heterocycles. The number of nitrogens with two attached hydrogens (primary N) is 1.